The van der Waals surface area contributed by atoms with Gasteiger partial charge in [-0.3, -0.25) is 4.79 Å². The van der Waals surface area contributed by atoms with Crippen molar-refractivity contribution in [3.63, 3.8) is 0 Å². The van der Waals surface area contributed by atoms with Crippen LogP contribution in [0.1, 0.15) is 18.6 Å². The lowest BCUT2D eigenvalue weighted by atomic mass is 10.1. The number of carbonyl (C=O) groups is 1. The minimum Gasteiger partial charge on any atom is -0.370 e. The molecule has 1 aliphatic heterocycles. The molecule has 0 unspecified atom stereocenters. The van der Waals surface area contributed by atoms with Gasteiger partial charge in [0.1, 0.15) is 6.10 Å². The second-order valence-corrected chi connectivity index (χ2v) is 5.98. The van der Waals surface area contributed by atoms with Crippen molar-refractivity contribution >= 4 is 21.8 Å². The van der Waals surface area contributed by atoms with Crippen LogP contribution in [-0.4, -0.2) is 44.1 Å². The van der Waals surface area contributed by atoms with Crippen LogP contribution in [0.3, 0.4) is 0 Å². The molecule has 1 aromatic rings. The molecule has 0 radical (unpaired) electrons. The molecule has 5 heteroatoms. The summed E-state index contributed by atoms with van der Waals surface area (Å²) >= 11 is 3.55. The third-order valence-corrected chi connectivity index (χ3v) is 4.28. The molecule has 1 fully saturated rings. The lowest BCUT2D eigenvalue weighted by molar-refractivity contribution is -0.142. The Balaban J connectivity index is 2.05. The maximum absolute atomic E-state index is 12.4. The Kier molecular flexibility index (Phi) is 5.57. The van der Waals surface area contributed by atoms with Crippen LogP contribution < -0.4 is 5.32 Å². The van der Waals surface area contributed by atoms with Gasteiger partial charge in [-0.15, -0.1) is 0 Å². The first-order valence-corrected chi connectivity index (χ1v) is 7.72. The number of nitrogens with one attached hydrogen (secondary N) is 1. The number of hydrogen-bond acceptors (Lipinski definition) is 3. The molecule has 1 aromatic carbocycles. The van der Waals surface area contributed by atoms with Crippen molar-refractivity contribution in [3.8, 4) is 0 Å². The lowest BCUT2D eigenvalue weighted by Gasteiger charge is -2.35. The van der Waals surface area contributed by atoms with Gasteiger partial charge in [-0.2, -0.15) is 0 Å². The molecular weight excluding hydrogens is 320 g/mol. The monoisotopic (exact) mass is 340 g/mol. The van der Waals surface area contributed by atoms with Crippen LogP contribution >= 0.6 is 15.9 Å². The highest BCUT2D eigenvalue weighted by Gasteiger charge is 2.28. The second-order valence-electron chi connectivity index (χ2n) is 5.12. The van der Waals surface area contributed by atoms with Crippen molar-refractivity contribution in [2.45, 2.75) is 13.0 Å². The van der Waals surface area contributed by atoms with E-state index < -0.39 is 0 Å². The van der Waals surface area contributed by atoms with Crippen molar-refractivity contribution in [3.05, 3.63) is 34.3 Å². The normalized spacial score (nSPS) is 20.8. The zero-order chi connectivity index (χ0) is 14.5. The quantitative estimate of drug-likeness (QED) is 0.913. The van der Waals surface area contributed by atoms with Crippen molar-refractivity contribution in [1.82, 2.24) is 10.2 Å². The Bertz CT molecular complexity index is 467. The molecule has 0 aromatic heterocycles. The van der Waals surface area contributed by atoms with E-state index in [1.807, 2.05) is 43.1 Å². The average Bonchev–Trinajstić information content (AvgIpc) is 2.47. The highest BCUT2D eigenvalue weighted by molar-refractivity contribution is 9.10. The zero-order valence-corrected chi connectivity index (χ0v) is 13.5. The zero-order valence-electron chi connectivity index (χ0n) is 11.9. The molecule has 0 bridgehead atoms. The van der Waals surface area contributed by atoms with Gasteiger partial charge in [0, 0.05) is 23.5 Å². The van der Waals surface area contributed by atoms with Gasteiger partial charge in [0.25, 0.3) is 0 Å². The molecule has 20 heavy (non-hydrogen) atoms. The van der Waals surface area contributed by atoms with E-state index in [0.717, 1.165) is 10.0 Å². The van der Waals surface area contributed by atoms with Crippen LogP contribution in [0.15, 0.2) is 28.7 Å². The molecule has 1 saturated heterocycles. The Morgan fingerprint density at radius 1 is 1.55 bits per heavy atom. The SMILES string of the molecule is CNC[C@H](C)C(=O)N1CCO[C@H](c2ccccc2Br)C1. The number of nitrogens with zero attached hydrogens (tertiary/aromatic N) is 1. The number of hydrogen-bond donors (Lipinski definition) is 1. The summed E-state index contributed by atoms with van der Waals surface area (Å²) in [5.74, 6) is 0.192. The number of rotatable bonds is 4. The number of morpholine rings is 1. The summed E-state index contributed by atoms with van der Waals surface area (Å²) in [5, 5.41) is 3.05. The predicted molar refractivity (Wildman–Crippen MR) is 82.5 cm³/mol. The topological polar surface area (TPSA) is 41.6 Å². The Morgan fingerprint density at radius 2 is 2.30 bits per heavy atom. The van der Waals surface area contributed by atoms with Gasteiger partial charge >= 0.3 is 0 Å². The van der Waals surface area contributed by atoms with E-state index in [2.05, 4.69) is 21.2 Å². The second kappa shape index (κ2) is 7.20. The molecule has 1 amide bonds. The minimum atomic E-state index is -0.0509. The first-order valence-electron chi connectivity index (χ1n) is 6.93. The molecule has 4 nitrogen and oxygen atoms in total. The standard InChI is InChI=1S/C15H21BrN2O2/c1-11(9-17-2)15(19)18-7-8-20-14(10-18)12-5-3-4-6-13(12)16/h3-6,11,14,17H,7-10H2,1-2H3/t11-,14-/m0/s1. The number of benzene rings is 1. The molecule has 0 aliphatic carbocycles. The van der Waals surface area contributed by atoms with E-state index in [-0.39, 0.29) is 17.9 Å². The summed E-state index contributed by atoms with van der Waals surface area (Å²) in [6, 6.07) is 8.02. The Hall–Kier alpha value is -0.910. The molecule has 2 rings (SSSR count). The van der Waals surface area contributed by atoms with E-state index >= 15 is 0 Å². The minimum absolute atomic E-state index is 0.00189. The third-order valence-electron chi connectivity index (χ3n) is 3.56. The molecule has 110 valence electrons. The number of carbonyl (C=O) groups excluding carboxylic acids is 1. The van der Waals surface area contributed by atoms with Gasteiger partial charge in [-0.1, -0.05) is 41.1 Å². The maximum atomic E-state index is 12.4. The van der Waals surface area contributed by atoms with Gasteiger partial charge in [0.2, 0.25) is 5.91 Å². The fourth-order valence-electron chi connectivity index (χ4n) is 2.48. The first kappa shape index (κ1) is 15.5. The van der Waals surface area contributed by atoms with Crippen LogP contribution in [0.2, 0.25) is 0 Å². The summed E-state index contributed by atoms with van der Waals surface area (Å²) in [4.78, 5) is 14.3. The Labute approximate surface area is 128 Å². The Morgan fingerprint density at radius 3 is 3.00 bits per heavy atom. The largest absolute Gasteiger partial charge is 0.370 e. The summed E-state index contributed by atoms with van der Waals surface area (Å²) < 4.78 is 6.86. The number of halogens is 1. The van der Waals surface area contributed by atoms with E-state index in [0.29, 0.717) is 26.2 Å². The number of amides is 1. The molecule has 0 saturated carbocycles. The van der Waals surface area contributed by atoms with Crippen molar-refractivity contribution in [2.24, 2.45) is 5.92 Å². The molecule has 1 heterocycles. The van der Waals surface area contributed by atoms with Gasteiger partial charge in [0.05, 0.1) is 13.2 Å². The fourth-order valence-corrected chi connectivity index (χ4v) is 3.02. The summed E-state index contributed by atoms with van der Waals surface area (Å²) in [5.41, 5.74) is 1.10. The van der Waals surface area contributed by atoms with Gasteiger partial charge < -0.3 is 15.0 Å². The van der Waals surface area contributed by atoms with Crippen molar-refractivity contribution in [1.29, 1.82) is 0 Å². The van der Waals surface area contributed by atoms with Crippen LogP contribution in [0.4, 0.5) is 0 Å². The van der Waals surface area contributed by atoms with Gasteiger partial charge in [0.15, 0.2) is 0 Å². The fraction of sp³-hybridized carbons (Fsp3) is 0.533. The van der Waals surface area contributed by atoms with E-state index in [4.69, 9.17) is 4.74 Å². The number of ether oxygens (including phenoxy) is 1. The van der Waals surface area contributed by atoms with Crippen LogP contribution in [0, 0.1) is 5.92 Å². The van der Waals surface area contributed by atoms with Crippen LogP contribution in [-0.2, 0) is 9.53 Å². The summed E-state index contributed by atoms with van der Waals surface area (Å²) in [6.07, 6.45) is -0.0509. The molecular formula is C15H21BrN2O2. The summed E-state index contributed by atoms with van der Waals surface area (Å²) in [7, 11) is 1.87. The van der Waals surface area contributed by atoms with Gasteiger partial charge in [-0.05, 0) is 18.7 Å². The van der Waals surface area contributed by atoms with Crippen LogP contribution in [0.5, 0.6) is 0 Å². The van der Waals surface area contributed by atoms with Crippen molar-refractivity contribution in [2.75, 3.05) is 33.3 Å². The van der Waals surface area contributed by atoms with E-state index in [9.17, 15) is 4.79 Å². The molecule has 0 spiro atoms. The van der Waals surface area contributed by atoms with E-state index in [1.54, 1.807) is 0 Å². The third kappa shape index (κ3) is 3.59. The molecule has 1 N–H and O–H groups in total. The average molecular weight is 341 g/mol. The predicted octanol–water partition coefficient (Wildman–Crippen LogP) is 2.20. The lowest BCUT2D eigenvalue weighted by Crippen LogP contribution is -2.46. The van der Waals surface area contributed by atoms with Gasteiger partial charge in [-0.25, -0.2) is 0 Å². The molecule has 2 atom stereocenters. The van der Waals surface area contributed by atoms with E-state index in [1.165, 1.54) is 0 Å². The van der Waals surface area contributed by atoms with Crippen molar-refractivity contribution < 1.29 is 9.53 Å². The first-order chi connectivity index (χ1) is 9.63. The highest BCUT2D eigenvalue weighted by atomic mass is 79.9. The molecule has 1 aliphatic rings. The summed E-state index contributed by atoms with van der Waals surface area (Å²) in [6.45, 7) is 4.55. The van der Waals surface area contributed by atoms with Crippen LogP contribution in [0.25, 0.3) is 0 Å². The highest BCUT2D eigenvalue weighted by Crippen LogP contribution is 2.28. The smallest absolute Gasteiger partial charge is 0.226 e. The maximum Gasteiger partial charge on any atom is 0.226 e.